The van der Waals surface area contributed by atoms with Crippen molar-refractivity contribution in [1.82, 2.24) is 4.98 Å². The summed E-state index contributed by atoms with van der Waals surface area (Å²) in [6.07, 6.45) is -2.10. The Balaban J connectivity index is 2.80. The van der Waals surface area contributed by atoms with E-state index in [0.29, 0.717) is 5.56 Å². The molecule has 0 unspecified atom stereocenters. The molecule has 1 aromatic rings. The molecule has 0 spiro atoms. The predicted molar refractivity (Wildman–Crippen MR) is 44.0 cm³/mol. The molecule has 14 heavy (non-hydrogen) atoms. The van der Waals surface area contributed by atoms with Gasteiger partial charge in [0.25, 0.3) is 0 Å². The number of aromatic nitrogens is 1. The maximum absolute atomic E-state index is 11.7. The minimum atomic E-state index is -4.33. The molecule has 2 nitrogen and oxygen atoms in total. The molecule has 0 aromatic carbocycles. The van der Waals surface area contributed by atoms with Crippen LogP contribution in [0.15, 0.2) is 24.4 Å². The molecule has 0 amide bonds. The van der Waals surface area contributed by atoms with Crippen LogP contribution in [0, 0.1) is 11.3 Å². The SMILES string of the molecule is N#Cc1ccc(/C=C/C(F)(F)F)cn1. The van der Waals surface area contributed by atoms with Gasteiger partial charge in [0, 0.05) is 12.3 Å². The molecule has 0 saturated carbocycles. The summed E-state index contributed by atoms with van der Waals surface area (Å²) in [5.74, 6) is 0. The van der Waals surface area contributed by atoms with Crippen molar-refractivity contribution < 1.29 is 13.2 Å². The molecule has 0 N–H and O–H groups in total. The number of alkyl halides is 3. The van der Waals surface area contributed by atoms with E-state index in [4.69, 9.17) is 5.26 Å². The first kappa shape index (κ1) is 10.3. The number of pyridine rings is 1. The number of hydrogen-bond acceptors (Lipinski definition) is 2. The molecule has 0 aliphatic heterocycles. The van der Waals surface area contributed by atoms with Gasteiger partial charge in [0.2, 0.25) is 0 Å². The van der Waals surface area contributed by atoms with Gasteiger partial charge in [-0.1, -0.05) is 6.07 Å². The third-order valence-electron chi connectivity index (χ3n) is 1.37. The van der Waals surface area contributed by atoms with E-state index in [2.05, 4.69) is 4.98 Å². The third kappa shape index (κ3) is 3.27. The molecule has 0 radical (unpaired) electrons. The fraction of sp³-hybridized carbons (Fsp3) is 0.111. The zero-order valence-electron chi connectivity index (χ0n) is 6.92. The summed E-state index contributed by atoms with van der Waals surface area (Å²) in [7, 11) is 0. The molecular weight excluding hydrogens is 193 g/mol. The largest absolute Gasteiger partial charge is 0.409 e. The van der Waals surface area contributed by atoms with E-state index in [1.165, 1.54) is 18.3 Å². The fourth-order valence-electron chi connectivity index (χ4n) is 0.761. The van der Waals surface area contributed by atoms with Gasteiger partial charge in [0.15, 0.2) is 0 Å². The fourth-order valence-corrected chi connectivity index (χ4v) is 0.761. The van der Waals surface area contributed by atoms with E-state index in [-0.39, 0.29) is 11.8 Å². The summed E-state index contributed by atoms with van der Waals surface area (Å²) in [6.45, 7) is 0. The van der Waals surface area contributed by atoms with Gasteiger partial charge < -0.3 is 0 Å². The molecule has 0 bridgehead atoms. The Labute approximate surface area is 78.3 Å². The normalized spacial score (nSPS) is 11.6. The lowest BCUT2D eigenvalue weighted by atomic mass is 10.2. The van der Waals surface area contributed by atoms with Crippen molar-refractivity contribution in [3.05, 3.63) is 35.7 Å². The van der Waals surface area contributed by atoms with Crippen LogP contribution in [0.5, 0.6) is 0 Å². The average molecular weight is 198 g/mol. The standard InChI is InChI=1S/C9H5F3N2/c10-9(11,12)4-3-7-1-2-8(5-13)14-6-7/h1-4,6H/b4-3+. The molecule has 0 fully saturated rings. The zero-order chi connectivity index (χ0) is 10.6. The van der Waals surface area contributed by atoms with Crippen LogP contribution in [0.3, 0.4) is 0 Å². The summed E-state index contributed by atoms with van der Waals surface area (Å²) in [5, 5.41) is 8.38. The van der Waals surface area contributed by atoms with E-state index < -0.39 is 6.18 Å². The number of nitriles is 1. The Bertz CT molecular complexity index is 371. The van der Waals surface area contributed by atoms with Gasteiger partial charge in [-0.15, -0.1) is 0 Å². The molecule has 5 heteroatoms. The summed E-state index contributed by atoms with van der Waals surface area (Å²) in [5.41, 5.74) is 0.482. The number of nitrogens with zero attached hydrogens (tertiary/aromatic N) is 2. The minimum Gasteiger partial charge on any atom is -0.245 e. The smallest absolute Gasteiger partial charge is 0.245 e. The lowest BCUT2D eigenvalue weighted by molar-refractivity contribution is -0.0790. The summed E-state index contributed by atoms with van der Waals surface area (Å²) in [4.78, 5) is 3.62. The molecule has 1 heterocycles. The molecule has 72 valence electrons. The first-order valence-corrected chi connectivity index (χ1v) is 3.63. The van der Waals surface area contributed by atoms with E-state index in [9.17, 15) is 13.2 Å². The summed E-state index contributed by atoms with van der Waals surface area (Å²) in [6, 6.07) is 4.52. The maximum atomic E-state index is 11.7. The van der Waals surface area contributed by atoms with Crippen molar-refractivity contribution in [2.75, 3.05) is 0 Å². The van der Waals surface area contributed by atoms with Crippen LogP contribution in [0.25, 0.3) is 6.08 Å². The maximum Gasteiger partial charge on any atom is 0.409 e. The highest BCUT2D eigenvalue weighted by molar-refractivity contribution is 5.49. The first-order chi connectivity index (χ1) is 6.51. The van der Waals surface area contributed by atoms with Crippen LogP contribution in [0.2, 0.25) is 0 Å². The van der Waals surface area contributed by atoms with Crippen LogP contribution < -0.4 is 0 Å². The quantitative estimate of drug-likeness (QED) is 0.695. The molecular formula is C9H5F3N2. The highest BCUT2D eigenvalue weighted by Gasteiger charge is 2.21. The Morgan fingerprint density at radius 1 is 1.36 bits per heavy atom. The van der Waals surface area contributed by atoms with Crippen LogP contribution in [0.4, 0.5) is 13.2 Å². The molecule has 0 atom stereocenters. The van der Waals surface area contributed by atoms with Gasteiger partial charge in [-0.2, -0.15) is 18.4 Å². The second-order valence-electron chi connectivity index (χ2n) is 2.46. The lowest BCUT2D eigenvalue weighted by Gasteiger charge is -1.97. The Morgan fingerprint density at radius 3 is 2.50 bits per heavy atom. The van der Waals surface area contributed by atoms with Gasteiger partial charge in [-0.05, 0) is 17.7 Å². The number of rotatable bonds is 1. The van der Waals surface area contributed by atoms with Crippen molar-refractivity contribution in [3.63, 3.8) is 0 Å². The molecule has 0 saturated heterocycles. The average Bonchev–Trinajstić information content (AvgIpc) is 2.14. The molecule has 1 aromatic heterocycles. The van der Waals surface area contributed by atoms with Crippen LogP contribution in [0.1, 0.15) is 11.3 Å². The van der Waals surface area contributed by atoms with Crippen molar-refractivity contribution in [1.29, 1.82) is 5.26 Å². The van der Waals surface area contributed by atoms with E-state index in [1.807, 2.05) is 0 Å². The van der Waals surface area contributed by atoms with Crippen molar-refractivity contribution in [2.24, 2.45) is 0 Å². The third-order valence-corrected chi connectivity index (χ3v) is 1.37. The van der Waals surface area contributed by atoms with Crippen LogP contribution in [-0.4, -0.2) is 11.2 Å². The van der Waals surface area contributed by atoms with Crippen molar-refractivity contribution >= 4 is 6.08 Å². The molecule has 1 rings (SSSR count). The second-order valence-corrected chi connectivity index (χ2v) is 2.46. The van der Waals surface area contributed by atoms with Crippen LogP contribution >= 0.6 is 0 Å². The highest BCUT2D eigenvalue weighted by atomic mass is 19.4. The van der Waals surface area contributed by atoms with E-state index in [1.54, 1.807) is 6.07 Å². The minimum absolute atomic E-state index is 0.121. The van der Waals surface area contributed by atoms with Crippen molar-refractivity contribution in [3.8, 4) is 6.07 Å². The Kier molecular flexibility index (Phi) is 2.87. The number of hydrogen-bond donors (Lipinski definition) is 0. The van der Waals surface area contributed by atoms with Gasteiger partial charge in [0.1, 0.15) is 11.8 Å². The van der Waals surface area contributed by atoms with Crippen LogP contribution in [-0.2, 0) is 0 Å². The van der Waals surface area contributed by atoms with Gasteiger partial charge in [-0.25, -0.2) is 4.98 Å². The monoisotopic (exact) mass is 198 g/mol. The van der Waals surface area contributed by atoms with E-state index in [0.717, 1.165) is 6.08 Å². The summed E-state index contributed by atoms with van der Waals surface area (Å²) < 4.78 is 35.2. The lowest BCUT2D eigenvalue weighted by Crippen LogP contribution is -2.00. The molecule has 0 aliphatic rings. The highest BCUT2D eigenvalue weighted by Crippen LogP contribution is 2.17. The molecule has 0 aliphatic carbocycles. The number of halogens is 3. The first-order valence-electron chi connectivity index (χ1n) is 3.63. The van der Waals surface area contributed by atoms with Gasteiger partial charge >= 0.3 is 6.18 Å². The Morgan fingerprint density at radius 2 is 2.07 bits per heavy atom. The number of allylic oxidation sites excluding steroid dienone is 1. The van der Waals surface area contributed by atoms with Gasteiger partial charge in [-0.3, -0.25) is 0 Å². The van der Waals surface area contributed by atoms with Gasteiger partial charge in [0.05, 0.1) is 0 Å². The second kappa shape index (κ2) is 3.92. The van der Waals surface area contributed by atoms with E-state index >= 15 is 0 Å². The van der Waals surface area contributed by atoms with Crippen molar-refractivity contribution in [2.45, 2.75) is 6.18 Å². The zero-order valence-corrected chi connectivity index (χ0v) is 6.92. The Hall–Kier alpha value is -1.83. The predicted octanol–water partition coefficient (Wildman–Crippen LogP) is 2.53. The summed E-state index contributed by atoms with van der Waals surface area (Å²) >= 11 is 0. The topological polar surface area (TPSA) is 36.7 Å².